The van der Waals surface area contributed by atoms with E-state index in [0.29, 0.717) is 0 Å². The van der Waals surface area contributed by atoms with Gasteiger partial charge in [0.05, 0.1) is 17.9 Å². The largest absolute Gasteiger partial charge is 0.341 e. The van der Waals surface area contributed by atoms with E-state index in [2.05, 4.69) is 27.1 Å². The average molecular weight is 162 g/mol. The molecule has 4 nitrogen and oxygen atoms in total. The number of fused-ring (bicyclic) bond motifs is 1. The lowest BCUT2D eigenvalue weighted by molar-refractivity contribution is 0.861. The van der Waals surface area contributed by atoms with E-state index in [9.17, 15) is 0 Å². The molecule has 2 aromatic rings. The highest BCUT2D eigenvalue weighted by Gasteiger charge is 2.00. The van der Waals surface area contributed by atoms with Gasteiger partial charge in [-0.2, -0.15) is 10.2 Å². The molecule has 0 bridgehead atoms. The van der Waals surface area contributed by atoms with Gasteiger partial charge in [-0.1, -0.05) is 6.92 Å². The Kier molecular flexibility index (Phi) is 1.74. The molecule has 62 valence electrons. The lowest BCUT2D eigenvalue weighted by Gasteiger charge is -1.86. The number of aromatic amines is 1. The molecule has 4 heteroatoms. The van der Waals surface area contributed by atoms with Crippen LogP contribution in [0.5, 0.6) is 0 Å². The fourth-order valence-corrected chi connectivity index (χ4v) is 1.18. The topological polar surface area (TPSA) is 54.5 Å². The molecule has 0 saturated carbocycles. The summed E-state index contributed by atoms with van der Waals surface area (Å²) in [5.74, 6) is 1.02. The summed E-state index contributed by atoms with van der Waals surface area (Å²) in [5.41, 5.74) is 1.86. The van der Waals surface area contributed by atoms with Crippen LogP contribution in [0.1, 0.15) is 19.2 Å². The van der Waals surface area contributed by atoms with Crippen molar-refractivity contribution >= 4 is 11.0 Å². The summed E-state index contributed by atoms with van der Waals surface area (Å²) in [6.07, 6.45) is 5.45. The molecule has 0 aromatic carbocycles. The Morgan fingerprint density at radius 3 is 2.92 bits per heavy atom. The summed E-state index contributed by atoms with van der Waals surface area (Å²) in [4.78, 5) is 7.53. The van der Waals surface area contributed by atoms with Crippen LogP contribution in [0.15, 0.2) is 12.4 Å². The lowest BCUT2D eigenvalue weighted by atomic mass is 10.3. The average Bonchev–Trinajstić information content (AvgIpc) is 2.47. The number of aryl methyl sites for hydroxylation is 1. The minimum absolute atomic E-state index is 0.897. The molecule has 12 heavy (non-hydrogen) atoms. The molecule has 0 aliphatic heterocycles. The second-order valence-electron chi connectivity index (χ2n) is 2.72. The summed E-state index contributed by atoms with van der Waals surface area (Å²) in [7, 11) is 0. The van der Waals surface area contributed by atoms with Gasteiger partial charge in [-0.15, -0.1) is 0 Å². The van der Waals surface area contributed by atoms with Crippen molar-refractivity contribution in [2.75, 3.05) is 0 Å². The van der Waals surface area contributed by atoms with Gasteiger partial charge in [0.2, 0.25) is 0 Å². The van der Waals surface area contributed by atoms with E-state index in [0.717, 1.165) is 29.7 Å². The quantitative estimate of drug-likeness (QED) is 0.724. The van der Waals surface area contributed by atoms with Crippen molar-refractivity contribution in [3.8, 4) is 0 Å². The number of nitrogens with one attached hydrogen (secondary N) is 1. The van der Waals surface area contributed by atoms with Crippen LogP contribution in [0, 0.1) is 0 Å². The first-order valence-corrected chi connectivity index (χ1v) is 4.05. The number of imidazole rings is 1. The molecule has 2 heterocycles. The highest BCUT2D eigenvalue weighted by Crippen LogP contribution is 2.08. The molecule has 0 saturated heterocycles. The van der Waals surface area contributed by atoms with Crippen LogP contribution in [0.2, 0.25) is 0 Å². The first-order chi connectivity index (χ1) is 5.90. The molecule has 0 radical (unpaired) electrons. The zero-order valence-corrected chi connectivity index (χ0v) is 6.91. The van der Waals surface area contributed by atoms with Gasteiger partial charge in [-0.25, -0.2) is 4.98 Å². The Balaban J connectivity index is 2.47. The molecule has 0 atom stereocenters. The molecule has 0 aliphatic rings. The number of nitrogens with zero attached hydrogens (tertiary/aromatic N) is 3. The zero-order valence-electron chi connectivity index (χ0n) is 6.91. The van der Waals surface area contributed by atoms with Crippen LogP contribution in [0.3, 0.4) is 0 Å². The first-order valence-electron chi connectivity index (χ1n) is 4.05. The monoisotopic (exact) mass is 162 g/mol. The van der Waals surface area contributed by atoms with E-state index < -0.39 is 0 Å². The molecule has 2 aromatic heterocycles. The van der Waals surface area contributed by atoms with Crippen LogP contribution in [-0.2, 0) is 6.42 Å². The molecule has 2 rings (SSSR count). The number of hydrogen-bond donors (Lipinski definition) is 1. The Morgan fingerprint density at radius 1 is 1.33 bits per heavy atom. The van der Waals surface area contributed by atoms with Gasteiger partial charge >= 0.3 is 0 Å². The summed E-state index contributed by atoms with van der Waals surface area (Å²) in [6.45, 7) is 2.13. The minimum atomic E-state index is 0.897. The van der Waals surface area contributed by atoms with Crippen molar-refractivity contribution < 1.29 is 0 Å². The van der Waals surface area contributed by atoms with Gasteiger partial charge in [0, 0.05) is 6.42 Å². The molecular formula is C8H10N4. The lowest BCUT2D eigenvalue weighted by Crippen LogP contribution is -1.83. The molecule has 0 amide bonds. The highest BCUT2D eigenvalue weighted by atomic mass is 15.1. The molecule has 0 spiro atoms. The second-order valence-corrected chi connectivity index (χ2v) is 2.72. The van der Waals surface area contributed by atoms with Crippen LogP contribution >= 0.6 is 0 Å². The molecule has 0 unspecified atom stereocenters. The summed E-state index contributed by atoms with van der Waals surface area (Å²) < 4.78 is 0. The third-order valence-corrected chi connectivity index (χ3v) is 1.73. The minimum Gasteiger partial charge on any atom is -0.341 e. The third kappa shape index (κ3) is 1.15. The smallest absolute Gasteiger partial charge is 0.110 e. The van der Waals surface area contributed by atoms with Crippen LogP contribution in [-0.4, -0.2) is 20.2 Å². The van der Waals surface area contributed by atoms with Crippen LogP contribution in [0.25, 0.3) is 11.0 Å². The maximum atomic E-state index is 4.34. The van der Waals surface area contributed by atoms with Crippen molar-refractivity contribution in [2.24, 2.45) is 0 Å². The van der Waals surface area contributed by atoms with E-state index in [1.54, 1.807) is 12.4 Å². The van der Waals surface area contributed by atoms with Crippen molar-refractivity contribution in [1.29, 1.82) is 0 Å². The normalized spacial score (nSPS) is 10.8. The predicted octanol–water partition coefficient (Wildman–Crippen LogP) is 1.31. The summed E-state index contributed by atoms with van der Waals surface area (Å²) >= 11 is 0. The van der Waals surface area contributed by atoms with E-state index in [1.807, 2.05) is 0 Å². The maximum absolute atomic E-state index is 4.34. The molecule has 0 fully saturated rings. The van der Waals surface area contributed by atoms with Gasteiger partial charge in [0.25, 0.3) is 0 Å². The molecular weight excluding hydrogens is 152 g/mol. The van der Waals surface area contributed by atoms with Crippen molar-refractivity contribution in [2.45, 2.75) is 19.8 Å². The summed E-state index contributed by atoms with van der Waals surface area (Å²) in [5, 5.41) is 7.52. The van der Waals surface area contributed by atoms with E-state index in [4.69, 9.17) is 0 Å². The second kappa shape index (κ2) is 2.89. The summed E-state index contributed by atoms with van der Waals surface area (Å²) in [6, 6.07) is 0. The Hall–Kier alpha value is -1.45. The molecule has 0 aliphatic carbocycles. The highest BCUT2D eigenvalue weighted by molar-refractivity contribution is 5.72. The van der Waals surface area contributed by atoms with Crippen molar-refractivity contribution in [3.63, 3.8) is 0 Å². The number of aromatic nitrogens is 4. The van der Waals surface area contributed by atoms with E-state index >= 15 is 0 Å². The van der Waals surface area contributed by atoms with Gasteiger partial charge in [0.15, 0.2) is 0 Å². The van der Waals surface area contributed by atoms with Gasteiger partial charge in [-0.3, -0.25) is 0 Å². The van der Waals surface area contributed by atoms with Gasteiger partial charge in [-0.05, 0) is 6.42 Å². The standard InChI is InChI=1S/C8H10N4/c1-2-3-8-11-6-4-9-10-5-7(6)12-8/h4-5H,2-3H2,1H3,(H,11,12). The predicted molar refractivity (Wildman–Crippen MR) is 45.7 cm³/mol. The number of hydrogen-bond acceptors (Lipinski definition) is 3. The number of rotatable bonds is 2. The molecule has 1 N–H and O–H groups in total. The van der Waals surface area contributed by atoms with Gasteiger partial charge < -0.3 is 4.98 Å². The maximum Gasteiger partial charge on any atom is 0.110 e. The Morgan fingerprint density at radius 2 is 2.17 bits per heavy atom. The number of H-pyrrole nitrogens is 1. The van der Waals surface area contributed by atoms with E-state index in [1.165, 1.54) is 0 Å². The third-order valence-electron chi connectivity index (χ3n) is 1.73. The van der Waals surface area contributed by atoms with Gasteiger partial charge in [0.1, 0.15) is 11.3 Å². The van der Waals surface area contributed by atoms with E-state index in [-0.39, 0.29) is 0 Å². The van der Waals surface area contributed by atoms with Crippen LogP contribution in [0.4, 0.5) is 0 Å². The fourth-order valence-electron chi connectivity index (χ4n) is 1.18. The van der Waals surface area contributed by atoms with Crippen molar-refractivity contribution in [3.05, 3.63) is 18.2 Å². The fraction of sp³-hybridized carbons (Fsp3) is 0.375. The first kappa shape index (κ1) is 7.21. The SMILES string of the molecule is CCCc1nc2cnncc2[nH]1. The van der Waals surface area contributed by atoms with Crippen LogP contribution < -0.4 is 0 Å². The zero-order chi connectivity index (χ0) is 8.39. The van der Waals surface area contributed by atoms with Crippen molar-refractivity contribution in [1.82, 2.24) is 20.2 Å². The Labute approximate surface area is 70.0 Å². The Bertz CT molecular complexity index is 346.